The van der Waals surface area contributed by atoms with Crippen molar-refractivity contribution in [2.75, 3.05) is 18.8 Å². The molecule has 2 N–H and O–H groups in total. The third-order valence-corrected chi connectivity index (χ3v) is 5.05. The number of nitrogens with two attached hydrogens (primary N) is 1. The van der Waals surface area contributed by atoms with Gasteiger partial charge in [-0.1, -0.05) is 0 Å². The van der Waals surface area contributed by atoms with Gasteiger partial charge in [0.25, 0.3) is 0 Å². The van der Waals surface area contributed by atoms with Crippen molar-refractivity contribution in [3.63, 3.8) is 0 Å². The van der Waals surface area contributed by atoms with E-state index in [-0.39, 0.29) is 11.8 Å². The molecule has 1 aromatic rings. The zero-order valence-corrected chi connectivity index (χ0v) is 11.1. The van der Waals surface area contributed by atoms with Crippen molar-refractivity contribution in [2.45, 2.75) is 25.3 Å². The summed E-state index contributed by atoms with van der Waals surface area (Å²) in [6, 6.07) is 3.67. The average Bonchev–Trinajstić information content (AvgIpc) is 2.38. The summed E-state index contributed by atoms with van der Waals surface area (Å²) in [6.45, 7) is 1.06. The fraction of sp³-hybridized carbons (Fsp3) is 0.583. The molecule has 100 valence electrons. The lowest BCUT2D eigenvalue weighted by atomic mass is 10.1. The maximum absolute atomic E-state index is 12.2. The van der Waals surface area contributed by atoms with Crippen LogP contribution in [-0.4, -0.2) is 42.6 Å². The minimum atomic E-state index is -3.18. The van der Waals surface area contributed by atoms with Crippen molar-refractivity contribution in [3.8, 4) is 0 Å². The maximum atomic E-state index is 12.2. The zero-order chi connectivity index (χ0) is 13.0. The standard InChI is InChI=1S/C12H19N3O2S/c13-12-2-1-8-15(10-12)18(16,17)9-5-11-3-6-14-7-4-11/h3-4,6-7,12H,1-2,5,8-10,13H2. The van der Waals surface area contributed by atoms with E-state index in [1.165, 1.54) is 4.31 Å². The molecule has 1 unspecified atom stereocenters. The van der Waals surface area contributed by atoms with Crippen LogP contribution < -0.4 is 5.73 Å². The van der Waals surface area contributed by atoms with Crippen LogP contribution in [0.4, 0.5) is 0 Å². The highest BCUT2D eigenvalue weighted by molar-refractivity contribution is 7.89. The lowest BCUT2D eigenvalue weighted by molar-refractivity contribution is 0.316. The molecule has 1 aromatic heterocycles. The molecule has 1 saturated heterocycles. The Morgan fingerprint density at radius 1 is 1.39 bits per heavy atom. The zero-order valence-electron chi connectivity index (χ0n) is 10.3. The van der Waals surface area contributed by atoms with E-state index >= 15 is 0 Å². The van der Waals surface area contributed by atoms with E-state index in [1.54, 1.807) is 12.4 Å². The van der Waals surface area contributed by atoms with Crippen LogP contribution in [0.5, 0.6) is 0 Å². The van der Waals surface area contributed by atoms with E-state index in [4.69, 9.17) is 5.73 Å². The molecule has 2 heterocycles. The van der Waals surface area contributed by atoms with Crippen molar-refractivity contribution in [1.29, 1.82) is 0 Å². The molecule has 0 bridgehead atoms. The summed E-state index contributed by atoms with van der Waals surface area (Å²) < 4.78 is 25.8. The van der Waals surface area contributed by atoms with Crippen LogP contribution in [0.1, 0.15) is 18.4 Å². The Bertz CT molecular complexity index is 475. The van der Waals surface area contributed by atoms with Crippen LogP contribution in [0.3, 0.4) is 0 Å². The number of rotatable bonds is 4. The van der Waals surface area contributed by atoms with Crippen LogP contribution >= 0.6 is 0 Å². The minimum Gasteiger partial charge on any atom is -0.327 e. The van der Waals surface area contributed by atoms with Gasteiger partial charge in [0.15, 0.2) is 0 Å². The van der Waals surface area contributed by atoms with Gasteiger partial charge in [-0.25, -0.2) is 12.7 Å². The lowest BCUT2D eigenvalue weighted by Crippen LogP contribution is -2.46. The number of aryl methyl sites for hydroxylation is 1. The Kier molecular flexibility index (Phi) is 4.31. The van der Waals surface area contributed by atoms with E-state index in [9.17, 15) is 8.42 Å². The van der Waals surface area contributed by atoms with Crippen molar-refractivity contribution in [3.05, 3.63) is 30.1 Å². The molecule has 1 fully saturated rings. The Morgan fingerprint density at radius 3 is 2.78 bits per heavy atom. The first-order valence-corrected chi connectivity index (χ1v) is 7.81. The molecule has 0 spiro atoms. The third kappa shape index (κ3) is 3.51. The molecule has 0 aliphatic carbocycles. The van der Waals surface area contributed by atoms with Crippen molar-refractivity contribution >= 4 is 10.0 Å². The van der Waals surface area contributed by atoms with E-state index in [1.807, 2.05) is 12.1 Å². The van der Waals surface area contributed by atoms with Gasteiger partial charge >= 0.3 is 0 Å². The average molecular weight is 269 g/mol. The molecule has 2 rings (SSSR count). The molecule has 1 atom stereocenters. The molecular formula is C12H19N3O2S. The van der Waals surface area contributed by atoms with E-state index < -0.39 is 10.0 Å². The predicted octanol–water partition coefficient (Wildman–Crippen LogP) is 0.377. The fourth-order valence-electron chi connectivity index (χ4n) is 2.15. The van der Waals surface area contributed by atoms with Crippen molar-refractivity contribution in [2.24, 2.45) is 5.73 Å². The van der Waals surface area contributed by atoms with Gasteiger partial charge in [0, 0.05) is 31.5 Å². The van der Waals surface area contributed by atoms with Gasteiger partial charge < -0.3 is 5.73 Å². The second-order valence-electron chi connectivity index (χ2n) is 4.68. The predicted molar refractivity (Wildman–Crippen MR) is 70.5 cm³/mol. The highest BCUT2D eigenvalue weighted by Gasteiger charge is 2.26. The Hall–Kier alpha value is -0.980. The summed E-state index contributed by atoms with van der Waals surface area (Å²) in [5.74, 6) is 0.143. The first kappa shape index (κ1) is 13.5. The first-order chi connectivity index (χ1) is 8.58. The first-order valence-electron chi connectivity index (χ1n) is 6.20. The quantitative estimate of drug-likeness (QED) is 0.857. The van der Waals surface area contributed by atoms with Crippen LogP contribution in [0.2, 0.25) is 0 Å². The van der Waals surface area contributed by atoms with Crippen molar-refractivity contribution < 1.29 is 8.42 Å². The number of aromatic nitrogens is 1. The second-order valence-corrected chi connectivity index (χ2v) is 6.77. The second kappa shape index (κ2) is 5.77. The van der Waals surface area contributed by atoms with Crippen LogP contribution in [0, 0.1) is 0 Å². The third-order valence-electron chi connectivity index (χ3n) is 3.21. The summed E-state index contributed by atoms with van der Waals surface area (Å²) in [5, 5.41) is 0. The highest BCUT2D eigenvalue weighted by Crippen LogP contribution is 2.14. The van der Waals surface area contributed by atoms with E-state index in [0.717, 1.165) is 18.4 Å². The maximum Gasteiger partial charge on any atom is 0.214 e. The van der Waals surface area contributed by atoms with Crippen LogP contribution in [0.25, 0.3) is 0 Å². The van der Waals surface area contributed by atoms with Gasteiger partial charge in [-0.3, -0.25) is 4.98 Å². The number of pyridine rings is 1. The normalized spacial score (nSPS) is 21.9. The molecule has 0 radical (unpaired) electrons. The van der Waals surface area contributed by atoms with Crippen LogP contribution in [0.15, 0.2) is 24.5 Å². The number of hydrogen-bond acceptors (Lipinski definition) is 4. The van der Waals surface area contributed by atoms with E-state index in [0.29, 0.717) is 19.5 Å². The molecule has 0 amide bonds. The monoisotopic (exact) mass is 269 g/mol. The SMILES string of the molecule is NC1CCCN(S(=O)(=O)CCc2ccncc2)C1. The molecule has 1 aliphatic heterocycles. The number of piperidine rings is 1. The van der Waals surface area contributed by atoms with Crippen LogP contribution in [-0.2, 0) is 16.4 Å². The molecule has 5 nitrogen and oxygen atoms in total. The molecule has 1 aliphatic rings. The molecule has 6 heteroatoms. The smallest absolute Gasteiger partial charge is 0.214 e. The summed E-state index contributed by atoms with van der Waals surface area (Å²) >= 11 is 0. The number of nitrogens with zero attached hydrogens (tertiary/aromatic N) is 2. The molecular weight excluding hydrogens is 250 g/mol. The largest absolute Gasteiger partial charge is 0.327 e. The summed E-state index contributed by atoms with van der Waals surface area (Å²) in [7, 11) is -3.18. The number of hydrogen-bond donors (Lipinski definition) is 1. The summed E-state index contributed by atoms with van der Waals surface area (Å²) in [4.78, 5) is 3.91. The van der Waals surface area contributed by atoms with Crippen molar-refractivity contribution in [1.82, 2.24) is 9.29 Å². The van der Waals surface area contributed by atoms with Gasteiger partial charge in [-0.05, 0) is 37.0 Å². The van der Waals surface area contributed by atoms with Gasteiger partial charge in [0.1, 0.15) is 0 Å². The number of sulfonamides is 1. The van der Waals surface area contributed by atoms with Gasteiger partial charge in [0.2, 0.25) is 10.0 Å². The highest BCUT2D eigenvalue weighted by atomic mass is 32.2. The van der Waals surface area contributed by atoms with Gasteiger partial charge in [-0.2, -0.15) is 0 Å². The van der Waals surface area contributed by atoms with Gasteiger partial charge in [0.05, 0.1) is 5.75 Å². The molecule has 0 aromatic carbocycles. The lowest BCUT2D eigenvalue weighted by Gasteiger charge is -2.29. The minimum absolute atomic E-state index is 0.0190. The topological polar surface area (TPSA) is 76.3 Å². The molecule has 18 heavy (non-hydrogen) atoms. The Morgan fingerprint density at radius 2 is 2.11 bits per heavy atom. The summed E-state index contributed by atoms with van der Waals surface area (Å²) in [6.07, 6.45) is 5.65. The Balaban J connectivity index is 1.95. The summed E-state index contributed by atoms with van der Waals surface area (Å²) in [5.41, 5.74) is 6.81. The molecule has 0 saturated carbocycles. The van der Waals surface area contributed by atoms with Gasteiger partial charge in [-0.15, -0.1) is 0 Å². The fourth-order valence-corrected chi connectivity index (χ4v) is 3.73. The Labute approximate surface area is 108 Å². The van der Waals surface area contributed by atoms with E-state index in [2.05, 4.69) is 4.98 Å².